The van der Waals surface area contributed by atoms with Crippen LogP contribution in [0, 0.1) is 11.3 Å². The Labute approximate surface area is 197 Å². The van der Waals surface area contributed by atoms with Gasteiger partial charge in [0.15, 0.2) is 5.82 Å². The molecular formula is C23H23ClN6O2S. The number of hydrogen-bond donors (Lipinski definition) is 3. The topological polar surface area (TPSA) is 116 Å². The first kappa shape index (κ1) is 23.9. The third kappa shape index (κ3) is 5.37. The predicted molar refractivity (Wildman–Crippen MR) is 130 cm³/mol. The first-order valence-corrected chi connectivity index (χ1v) is 12.0. The van der Waals surface area contributed by atoms with E-state index in [2.05, 4.69) is 26.9 Å². The largest absolute Gasteiger partial charge is 0.362 e. The summed E-state index contributed by atoms with van der Waals surface area (Å²) in [5.74, 6) is 0.705. The first-order valence-electron chi connectivity index (χ1n) is 10.2. The molecule has 0 aliphatic rings. The van der Waals surface area contributed by atoms with Crippen LogP contribution in [0.4, 0.5) is 17.3 Å². The summed E-state index contributed by atoms with van der Waals surface area (Å²) in [6.45, 7) is 4.15. The third-order valence-electron chi connectivity index (χ3n) is 4.50. The molecule has 10 heteroatoms. The van der Waals surface area contributed by atoms with Gasteiger partial charge in [0.1, 0.15) is 17.5 Å². The molecule has 2 heterocycles. The zero-order valence-corrected chi connectivity index (χ0v) is 19.7. The summed E-state index contributed by atoms with van der Waals surface area (Å²) in [5.41, 5.74) is 1.46. The SMILES string of the molecule is CC.N#Cc1c(NCc2cccn2S(=O)(=O)c2ccccc2)n[nH]c1Nc1cccc(Cl)c1. The zero-order chi connectivity index (χ0) is 23.8. The van der Waals surface area contributed by atoms with Crippen LogP contribution in [0.3, 0.4) is 0 Å². The maximum absolute atomic E-state index is 12.9. The normalized spacial score (nSPS) is 10.6. The summed E-state index contributed by atoms with van der Waals surface area (Å²) in [6.07, 6.45) is 1.49. The van der Waals surface area contributed by atoms with Gasteiger partial charge in [0.25, 0.3) is 10.0 Å². The maximum atomic E-state index is 12.9. The molecule has 4 rings (SSSR count). The van der Waals surface area contributed by atoms with Crippen LogP contribution in [0.5, 0.6) is 0 Å². The van der Waals surface area contributed by atoms with E-state index in [1.165, 1.54) is 10.2 Å². The minimum Gasteiger partial charge on any atom is -0.362 e. The summed E-state index contributed by atoms with van der Waals surface area (Å²) in [5, 5.41) is 23.2. The Kier molecular flexibility index (Phi) is 7.77. The summed E-state index contributed by atoms with van der Waals surface area (Å²) in [7, 11) is -3.73. The van der Waals surface area contributed by atoms with E-state index in [0.29, 0.717) is 28.0 Å². The standard InChI is InChI=1S/C21H17ClN6O2S.C2H6/c22-15-6-4-7-16(12-15)25-21-19(13-23)20(26-27-21)24-14-17-8-5-11-28(17)31(29,30)18-9-2-1-3-10-18;1-2/h1-12H,14H2,(H3,24,25,26,27);1-2H3. The van der Waals surface area contributed by atoms with Gasteiger partial charge in [-0.15, -0.1) is 0 Å². The Bertz CT molecular complexity index is 1360. The monoisotopic (exact) mass is 482 g/mol. The first-order chi connectivity index (χ1) is 16.0. The van der Waals surface area contributed by atoms with Crippen LogP contribution in [-0.2, 0) is 16.6 Å². The molecule has 0 radical (unpaired) electrons. The molecule has 170 valence electrons. The predicted octanol–water partition coefficient (Wildman–Crippen LogP) is 5.36. The summed E-state index contributed by atoms with van der Waals surface area (Å²) >= 11 is 6.00. The molecule has 0 aliphatic carbocycles. The number of rotatable bonds is 7. The van der Waals surface area contributed by atoms with Crippen molar-refractivity contribution in [2.24, 2.45) is 0 Å². The van der Waals surface area contributed by atoms with Crippen LogP contribution in [0.15, 0.2) is 77.8 Å². The zero-order valence-electron chi connectivity index (χ0n) is 18.1. The summed E-state index contributed by atoms with van der Waals surface area (Å²) in [4.78, 5) is 0.193. The lowest BCUT2D eigenvalue weighted by Crippen LogP contribution is -2.16. The van der Waals surface area contributed by atoms with E-state index in [1.807, 2.05) is 19.9 Å². The lowest BCUT2D eigenvalue weighted by Gasteiger charge is -2.11. The van der Waals surface area contributed by atoms with Crippen LogP contribution < -0.4 is 10.6 Å². The second-order valence-electron chi connectivity index (χ2n) is 6.54. The fourth-order valence-corrected chi connectivity index (χ4v) is 4.62. The van der Waals surface area contributed by atoms with Gasteiger partial charge in [-0.3, -0.25) is 5.10 Å². The van der Waals surface area contributed by atoms with Crippen molar-refractivity contribution >= 4 is 38.9 Å². The van der Waals surface area contributed by atoms with Crippen molar-refractivity contribution in [3.05, 3.63) is 89.2 Å². The number of halogens is 1. The third-order valence-corrected chi connectivity index (χ3v) is 6.48. The molecule has 0 bridgehead atoms. The average Bonchev–Trinajstić information content (AvgIpc) is 3.46. The van der Waals surface area contributed by atoms with Gasteiger partial charge in [-0.05, 0) is 42.5 Å². The van der Waals surface area contributed by atoms with E-state index in [0.717, 1.165) is 0 Å². The highest BCUT2D eigenvalue weighted by Crippen LogP contribution is 2.26. The van der Waals surface area contributed by atoms with Crippen molar-refractivity contribution in [2.45, 2.75) is 25.3 Å². The molecule has 33 heavy (non-hydrogen) atoms. The number of H-pyrrole nitrogens is 1. The van der Waals surface area contributed by atoms with Crippen molar-refractivity contribution in [2.75, 3.05) is 10.6 Å². The molecule has 0 fully saturated rings. The van der Waals surface area contributed by atoms with Crippen LogP contribution >= 0.6 is 11.6 Å². The van der Waals surface area contributed by atoms with E-state index >= 15 is 0 Å². The van der Waals surface area contributed by atoms with Crippen LogP contribution in [0.25, 0.3) is 0 Å². The second-order valence-corrected chi connectivity index (χ2v) is 8.79. The molecule has 8 nitrogen and oxygen atoms in total. The molecule has 2 aromatic carbocycles. The van der Waals surface area contributed by atoms with Crippen LogP contribution in [-0.4, -0.2) is 22.6 Å². The van der Waals surface area contributed by atoms with E-state index < -0.39 is 10.0 Å². The fraction of sp³-hybridized carbons (Fsp3) is 0.130. The van der Waals surface area contributed by atoms with Crippen molar-refractivity contribution in [1.82, 2.24) is 14.2 Å². The lowest BCUT2D eigenvalue weighted by atomic mass is 10.3. The number of hydrogen-bond acceptors (Lipinski definition) is 6. The van der Waals surface area contributed by atoms with Gasteiger partial charge in [0.05, 0.1) is 17.1 Å². The Morgan fingerprint density at radius 2 is 1.85 bits per heavy atom. The Morgan fingerprint density at radius 1 is 1.09 bits per heavy atom. The molecule has 0 saturated heterocycles. The molecule has 2 aromatic heterocycles. The average molecular weight is 483 g/mol. The Hall–Kier alpha value is -3.74. The molecule has 0 amide bonds. The van der Waals surface area contributed by atoms with Crippen molar-refractivity contribution in [1.29, 1.82) is 5.26 Å². The molecule has 0 spiro atoms. The number of nitriles is 1. The van der Waals surface area contributed by atoms with Gasteiger partial charge in [0, 0.05) is 16.9 Å². The molecular weight excluding hydrogens is 460 g/mol. The smallest absolute Gasteiger partial charge is 0.267 e. The van der Waals surface area contributed by atoms with E-state index in [4.69, 9.17) is 11.6 Å². The fourth-order valence-electron chi connectivity index (χ4n) is 3.03. The minimum absolute atomic E-state index is 0.148. The van der Waals surface area contributed by atoms with E-state index in [-0.39, 0.29) is 17.0 Å². The number of nitrogens with one attached hydrogen (secondary N) is 3. The summed E-state index contributed by atoms with van der Waals surface area (Å²) in [6, 6.07) is 20.7. The van der Waals surface area contributed by atoms with E-state index in [1.54, 1.807) is 60.7 Å². The highest BCUT2D eigenvalue weighted by molar-refractivity contribution is 7.90. The molecule has 3 N–H and O–H groups in total. The lowest BCUT2D eigenvalue weighted by molar-refractivity contribution is 0.585. The number of nitrogens with zero attached hydrogens (tertiary/aromatic N) is 3. The van der Waals surface area contributed by atoms with Crippen LogP contribution in [0.1, 0.15) is 25.1 Å². The van der Waals surface area contributed by atoms with Gasteiger partial charge in [0.2, 0.25) is 0 Å². The van der Waals surface area contributed by atoms with Crippen molar-refractivity contribution in [3.63, 3.8) is 0 Å². The minimum atomic E-state index is -3.73. The molecule has 0 unspecified atom stereocenters. The van der Waals surface area contributed by atoms with Gasteiger partial charge < -0.3 is 10.6 Å². The molecule has 0 atom stereocenters. The van der Waals surface area contributed by atoms with Gasteiger partial charge in [-0.25, -0.2) is 12.4 Å². The van der Waals surface area contributed by atoms with Gasteiger partial charge in [-0.1, -0.05) is 49.7 Å². The van der Waals surface area contributed by atoms with Crippen molar-refractivity contribution in [3.8, 4) is 6.07 Å². The number of anilines is 3. The highest BCUT2D eigenvalue weighted by Gasteiger charge is 2.20. The van der Waals surface area contributed by atoms with Crippen molar-refractivity contribution < 1.29 is 8.42 Å². The Balaban J connectivity index is 0.00000149. The Morgan fingerprint density at radius 3 is 2.55 bits per heavy atom. The second kappa shape index (κ2) is 10.7. The molecule has 4 aromatic rings. The number of aromatic nitrogens is 3. The summed E-state index contributed by atoms with van der Waals surface area (Å²) < 4.78 is 27.1. The number of benzene rings is 2. The van der Waals surface area contributed by atoms with E-state index in [9.17, 15) is 13.7 Å². The number of aromatic amines is 1. The molecule has 0 aliphatic heterocycles. The van der Waals surface area contributed by atoms with Gasteiger partial charge >= 0.3 is 0 Å². The van der Waals surface area contributed by atoms with Crippen LogP contribution in [0.2, 0.25) is 5.02 Å². The quantitative estimate of drug-likeness (QED) is 0.326. The van der Waals surface area contributed by atoms with Gasteiger partial charge in [-0.2, -0.15) is 10.4 Å². The molecule has 0 saturated carbocycles. The highest BCUT2D eigenvalue weighted by atomic mass is 35.5. The maximum Gasteiger partial charge on any atom is 0.267 e.